The van der Waals surface area contributed by atoms with Crippen molar-refractivity contribution in [2.45, 2.75) is 73.6 Å². The lowest BCUT2D eigenvalue weighted by molar-refractivity contribution is -0.123. The van der Waals surface area contributed by atoms with E-state index in [-0.39, 0.29) is 24.3 Å². The molecule has 0 aromatic carbocycles. The highest BCUT2D eigenvalue weighted by atomic mass is 32.5. The summed E-state index contributed by atoms with van der Waals surface area (Å²) in [5.74, 6) is 0.255. The highest BCUT2D eigenvalue weighted by Gasteiger charge is 2.53. The van der Waals surface area contributed by atoms with Crippen molar-refractivity contribution < 1.29 is 56.8 Å². The molecular weight excluding hydrogens is 817 g/mol. The van der Waals surface area contributed by atoms with Gasteiger partial charge in [-0.1, -0.05) is 0 Å². The number of amides is 1. The number of carbonyl (C=O) groups excluding carboxylic acids is 1. The van der Waals surface area contributed by atoms with Gasteiger partial charge in [-0.15, -0.1) is 11.8 Å². The number of hydrogen-bond acceptors (Lipinski definition) is 17. The van der Waals surface area contributed by atoms with Gasteiger partial charge in [-0.2, -0.15) is 0 Å². The van der Waals surface area contributed by atoms with E-state index in [9.17, 15) is 24.5 Å². The summed E-state index contributed by atoms with van der Waals surface area (Å²) in [4.78, 5) is 64.3. The number of ether oxygens (including phenoxy) is 2. The molecule has 0 aliphatic carbocycles. The highest BCUT2D eigenvalue weighted by Crippen LogP contribution is 2.54. The lowest BCUT2D eigenvalue weighted by Crippen LogP contribution is -2.35. The van der Waals surface area contributed by atoms with Crippen LogP contribution in [-0.2, 0) is 68.9 Å². The maximum atomic E-state index is 16.5. The van der Waals surface area contributed by atoms with E-state index in [0.717, 1.165) is 34.6 Å². The number of nitrogens with zero attached hydrogens (tertiary/aromatic N) is 7. The molecule has 8 rings (SSSR count). The number of carbonyl (C=O) groups is 1. The SMILES string of the molecule is O=C(CO)NCCn1cnc2c(ncn2[C@@H]2O[C@@H]3COP(O)(=S)O[C@H]4[C@@H](F)[C@H](n5cc6c7c(ncnc75)SCCC6)O[C@@H]4COP(O)(=S)O[C@@H]2[C@@H]3O)c1=O. The Kier molecular flexibility index (Phi) is 10.8. The van der Waals surface area contributed by atoms with Crippen molar-refractivity contribution in [3.8, 4) is 0 Å². The first-order valence-electron chi connectivity index (χ1n) is 16.6. The first-order valence-corrected chi connectivity index (χ1v) is 22.7. The summed E-state index contributed by atoms with van der Waals surface area (Å²) in [6.07, 6.45) is -4.60. The Morgan fingerprint density at radius 2 is 1.74 bits per heavy atom. The monoisotopic (exact) mass is 850 g/mol. The second-order valence-corrected chi connectivity index (χ2v) is 19.4. The Morgan fingerprint density at radius 3 is 2.52 bits per heavy atom. The molecule has 3 saturated heterocycles. The van der Waals surface area contributed by atoms with Crippen molar-refractivity contribution in [2.24, 2.45) is 0 Å². The van der Waals surface area contributed by atoms with Gasteiger partial charge < -0.3 is 48.4 Å². The predicted octanol–water partition coefficient (Wildman–Crippen LogP) is -0.0707. The molecule has 292 valence electrons. The number of rotatable bonds is 6. The number of aryl methyl sites for hydroxylation is 1. The maximum Gasteiger partial charge on any atom is 0.325 e. The van der Waals surface area contributed by atoms with Crippen LogP contribution in [0.4, 0.5) is 4.39 Å². The fraction of sp³-hybridized carbons (Fsp3) is 0.571. The molecule has 4 aliphatic rings. The van der Waals surface area contributed by atoms with Crippen molar-refractivity contribution in [3.63, 3.8) is 0 Å². The van der Waals surface area contributed by atoms with Crippen LogP contribution in [0.1, 0.15) is 24.4 Å². The summed E-state index contributed by atoms with van der Waals surface area (Å²) < 4.78 is 55.5. The molecule has 1 amide bonds. The van der Waals surface area contributed by atoms with Gasteiger partial charge in [0.25, 0.3) is 5.56 Å². The molecule has 2 unspecified atom stereocenters. The van der Waals surface area contributed by atoms with E-state index >= 15 is 4.39 Å². The molecule has 0 radical (unpaired) electrons. The molecule has 26 heteroatoms. The molecule has 4 aromatic heterocycles. The summed E-state index contributed by atoms with van der Waals surface area (Å²) in [6, 6.07) is 0. The molecule has 4 aliphatic heterocycles. The zero-order valence-electron chi connectivity index (χ0n) is 27.8. The summed E-state index contributed by atoms with van der Waals surface area (Å²) in [5, 5.41) is 24.2. The van der Waals surface area contributed by atoms with Crippen LogP contribution in [0.25, 0.3) is 22.2 Å². The first kappa shape index (κ1) is 38.5. The molecule has 10 atom stereocenters. The van der Waals surface area contributed by atoms with Crippen LogP contribution in [-0.4, -0.2) is 128 Å². The van der Waals surface area contributed by atoms with Crippen LogP contribution in [0.3, 0.4) is 0 Å². The number of thioether (sulfide) groups is 1. The summed E-state index contributed by atoms with van der Waals surface area (Å²) in [6.45, 7) is -10.4. The van der Waals surface area contributed by atoms with Gasteiger partial charge >= 0.3 is 13.4 Å². The van der Waals surface area contributed by atoms with Gasteiger partial charge in [-0.25, -0.2) is 24.3 Å². The lowest BCUT2D eigenvalue weighted by Gasteiger charge is -2.27. The molecule has 8 heterocycles. The van der Waals surface area contributed by atoms with Crippen molar-refractivity contribution >= 4 is 76.9 Å². The standard InChI is InChI=1S/C28H33FN8O12P2S3/c29-18-21-15(47-27(18)36-6-13-2-1-5-54-25-17(13)23(36)31-10-32-25)9-45-51(43,53)49-22-20(40)14(8-44-50(42,52)48-21)46-28(22)37-12-33-19-24(37)34-11-35(26(19)41)4-3-30-16(39)7-38/h6,10-12,14-15,18,20-22,27-28,38,40H,1-5,7-9H2,(H,30,39)(H,42,52)(H,43,53)/t14-,15-,18-,20-,21-,22-,27-,28-,50?,51?/m1/s1. The second-order valence-electron chi connectivity index (χ2n) is 12.7. The number of alkyl halides is 1. The van der Waals surface area contributed by atoms with Crippen molar-refractivity contribution in [1.82, 2.24) is 39.0 Å². The van der Waals surface area contributed by atoms with Crippen LogP contribution in [0.5, 0.6) is 0 Å². The Morgan fingerprint density at radius 1 is 1.00 bits per heavy atom. The van der Waals surface area contributed by atoms with Crippen LogP contribution in [0.2, 0.25) is 0 Å². The number of aliphatic hydroxyl groups is 2. The van der Waals surface area contributed by atoms with E-state index in [0.29, 0.717) is 5.65 Å². The minimum absolute atomic E-state index is 0.0109. The van der Waals surface area contributed by atoms with E-state index in [2.05, 4.69) is 25.3 Å². The zero-order valence-corrected chi connectivity index (χ0v) is 32.0. The highest BCUT2D eigenvalue weighted by molar-refractivity contribution is 8.07. The summed E-state index contributed by atoms with van der Waals surface area (Å²) in [7, 11) is 0. The molecule has 4 aromatic rings. The van der Waals surface area contributed by atoms with E-state index < -0.39 is 93.9 Å². The average Bonchev–Trinajstić information content (AvgIpc) is 3.85. The van der Waals surface area contributed by atoms with Gasteiger partial charge in [-0.05, 0) is 47.8 Å². The molecule has 0 saturated carbocycles. The largest absolute Gasteiger partial charge is 0.387 e. The third-order valence-electron chi connectivity index (χ3n) is 9.29. The van der Waals surface area contributed by atoms with Crippen LogP contribution < -0.4 is 10.9 Å². The fourth-order valence-corrected chi connectivity index (χ4v) is 10.6. The third kappa shape index (κ3) is 7.32. The molecule has 3 fully saturated rings. The van der Waals surface area contributed by atoms with E-state index in [1.165, 1.54) is 28.1 Å². The third-order valence-corrected chi connectivity index (χ3v) is 13.5. The quantitative estimate of drug-likeness (QED) is 0.126. The molecule has 2 bridgehead atoms. The number of imidazole rings is 1. The van der Waals surface area contributed by atoms with Crippen molar-refractivity contribution in [3.05, 3.63) is 41.1 Å². The Balaban J connectivity index is 1.06. The summed E-state index contributed by atoms with van der Waals surface area (Å²) >= 11 is 12.2. The minimum Gasteiger partial charge on any atom is -0.387 e. The van der Waals surface area contributed by atoms with Gasteiger partial charge in [-0.3, -0.25) is 27.8 Å². The first-order chi connectivity index (χ1) is 25.8. The number of fused-ring (bicyclic) bond motifs is 4. The van der Waals surface area contributed by atoms with Crippen molar-refractivity contribution in [2.75, 3.05) is 32.1 Å². The van der Waals surface area contributed by atoms with Crippen LogP contribution in [0.15, 0.2) is 35.0 Å². The number of aliphatic hydroxyl groups excluding tert-OH is 2. The number of aromatic nitrogens is 7. The van der Waals surface area contributed by atoms with E-state index in [1.807, 2.05) is 0 Å². The molecule has 5 N–H and O–H groups in total. The van der Waals surface area contributed by atoms with Crippen LogP contribution >= 0.6 is 25.2 Å². The maximum absolute atomic E-state index is 16.5. The lowest BCUT2D eigenvalue weighted by atomic mass is 10.1. The van der Waals surface area contributed by atoms with E-state index in [4.69, 9.17) is 56.3 Å². The Bertz CT molecular complexity index is 2250. The fourth-order valence-electron chi connectivity index (χ4n) is 6.79. The van der Waals surface area contributed by atoms with Gasteiger partial charge in [0.2, 0.25) is 5.91 Å². The molecule has 0 spiro atoms. The normalized spacial score (nSPS) is 34.5. The van der Waals surface area contributed by atoms with Gasteiger partial charge in [0, 0.05) is 19.3 Å². The van der Waals surface area contributed by atoms with E-state index in [1.54, 1.807) is 22.5 Å². The van der Waals surface area contributed by atoms with Gasteiger partial charge in [0.1, 0.15) is 60.5 Å². The number of nitrogens with one attached hydrogen (secondary N) is 1. The van der Waals surface area contributed by atoms with Gasteiger partial charge in [0.15, 0.2) is 29.8 Å². The van der Waals surface area contributed by atoms with Crippen LogP contribution in [0, 0.1) is 0 Å². The minimum atomic E-state index is -4.30. The smallest absolute Gasteiger partial charge is 0.325 e. The summed E-state index contributed by atoms with van der Waals surface area (Å²) in [5.41, 5.74) is 0.713. The Labute approximate surface area is 318 Å². The zero-order chi connectivity index (χ0) is 37.9. The molecule has 54 heavy (non-hydrogen) atoms. The predicted molar refractivity (Wildman–Crippen MR) is 192 cm³/mol. The molecule has 20 nitrogen and oxygen atoms in total. The number of hydrogen-bond donors (Lipinski definition) is 5. The molecular formula is C28H33FN8O12P2S3. The number of halogens is 1. The van der Waals surface area contributed by atoms with Crippen molar-refractivity contribution in [1.29, 1.82) is 0 Å². The second kappa shape index (κ2) is 15.2. The topological polar surface area (TPSA) is 249 Å². The average molecular weight is 851 g/mol. The van der Waals surface area contributed by atoms with Gasteiger partial charge in [0.05, 0.1) is 24.9 Å². The Hall–Kier alpha value is -2.38.